The van der Waals surface area contributed by atoms with E-state index in [0.29, 0.717) is 11.0 Å². The van der Waals surface area contributed by atoms with E-state index in [9.17, 15) is 4.79 Å². The van der Waals surface area contributed by atoms with E-state index in [1.807, 2.05) is 37.8 Å². The Hall–Kier alpha value is -2.22. The number of nitrogen functional groups attached to an aromatic ring is 1. The van der Waals surface area contributed by atoms with Crippen LogP contribution in [0.3, 0.4) is 0 Å². The number of ether oxygens (including phenoxy) is 1. The fourth-order valence-corrected chi connectivity index (χ4v) is 3.87. The van der Waals surface area contributed by atoms with Gasteiger partial charge in [0, 0.05) is 13.1 Å². The molecule has 2 heterocycles. The first-order valence-corrected chi connectivity index (χ1v) is 9.68. The summed E-state index contributed by atoms with van der Waals surface area (Å²) in [6.07, 6.45) is 2.16. The van der Waals surface area contributed by atoms with Crippen molar-refractivity contribution in [3.8, 4) is 5.75 Å². The number of amides is 1. The summed E-state index contributed by atoms with van der Waals surface area (Å²) in [6.45, 7) is 7.83. The largest absolute Gasteiger partial charge is 0.485 e. The third-order valence-electron chi connectivity index (χ3n) is 4.47. The molecule has 1 fully saturated rings. The summed E-state index contributed by atoms with van der Waals surface area (Å²) in [5, 5.41) is 8.49. The average molecular weight is 375 g/mol. The highest BCUT2D eigenvalue weighted by Gasteiger charge is 2.26. The molecule has 1 amide bonds. The van der Waals surface area contributed by atoms with Crippen LogP contribution in [0.25, 0.3) is 0 Å². The number of likely N-dealkylation sites (tertiary alicyclic amines) is 1. The lowest BCUT2D eigenvalue weighted by Crippen LogP contribution is -2.34. The quantitative estimate of drug-likeness (QED) is 0.616. The van der Waals surface area contributed by atoms with E-state index in [2.05, 4.69) is 16.3 Å². The van der Waals surface area contributed by atoms with Gasteiger partial charge in [-0.25, -0.2) is 4.68 Å². The number of aryl methyl sites for hydroxylation is 2. The normalized spacial score (nSPS) is 15.3. The monoisotopic (exact) mass is 375 g/mol. The zero-order valence-electron chi connectivity index (χ0n) is 15.4. The third-order valence-corrected chi connectivity index (χ3v) is 5.51. The summed E-state index contributed by atoms with van der Waals surface area (Å²) in [5.41, 5.74) is 2.25. The number of rotatable bonds is 6. The van der Waals surface area contributed by atoms with E-state index >= 15 is 0 Å². The number of benzene rings is 1. The van der Waals surface area contributed by atoms with Crippen molar-refractivity contribution in [2.24, 2.45) is 0 Å². The molecule has 1 aromatic carbocycles. The zero-order valence-corrected chi connectivity index (χ0v) is 16.3. The maximum Gasteiger partial charge on any atom is 0.235 e. The summed E-state index contributed by atoms with van der Waals surface area (Å²) < 4.78 is 7.22. The lowest BCUT2D eigenvalue weighted by atomic mass is 10.1. The van der Waals surface area contributed by atoms with Crippen LogP contribution in [0.15, 0.2) is 23.4 Å². The second-order valence-corrected chi connectivity index (χ2v) is 7.93. The zero-order chi connectivity index (χ0) is 18.7. The van der Waals surface area contributed by atoms with Gasteiger partial charge < -0.3 is 15.5 Å². The molecule has 8 heteroatoms. The molecule has 1 atom stereocenters. The molecule has 2 N–H and O–H groups in total. The van der Waals surface area contributed by atoms with Crippen molar-refractivity contribution in [1.82, 2.24) is 19.8 Å². The highest BCUT2D eigenvalue weighted by atomic mass is 32.2. The Kier molecular flexibility index (Phi) is 5.70. The number of carbonyl (C=O) groups is 1. The van der Waals surface area contributed by atoms with Crippen LogP contribution in [0.4, 0.5) is 0 Å². The Morgan fingerprint density at radius 2 is 2.04 bits per heavy atom. The Bertz CT molecular complexity index is 786. The minimum absolute atomic E-state index is 0.128. The molecule has 0 radical (unpaired) electrons. The van der Waals surface area contributed by atoms with Gasteiger partial charge in [-0.1, -0.05) is 29.5 Å². The first-order chi connectivity index (χ1) is 12.5. The van der Waals surface area contributed by atoms with Gasteiger partial charge in [0.2, 0.25) is 11.1 Å². The Morgan fingerprint density at radius 3 is 2.73 bits per heavy atom. The van der Waals surface area contributed by atoms with Crippen LogP contribution < -0.4 is 10.6 Å². The number of thioether (sulfide) groups is 1. The van der Waals surface area contributed by atoms with Crippen LogP contribution in [-0.4, -0.2) is 44.0 Å². The van der Waals surface area contributed by atoms with E-state index in [-0.39, 0.29) is 17.8 Å². The van der Waals surface area contributed by atoms with Crippen molar-refractivity contribution in [1.29, 1.82) is 0 Å². The van der Waals surface area contributed by atoms with Gasteiger partial charge in [0.05, 0.1) is 5.25 Å². The van der Waals surface area contributed by atoms with Crippen molar-refractivity contribution in [2.75, 3.05) is 18.9 Å². The molecule has 1 aromatic heterocycles. The number of nitrogens with zero attached hydrogens (tertiary/aromatic N) is 4. The lowest BCUT2D eigenvalue weighted by molar-refractivity contribution is -0.129. The maximum atomic E-state index is 12.4. The molecule has 1 saturated heterocycles. The molecule has 2 aromatic rings. The molecule has 0 unspecified atom stereocenters. The number of aromatic nitrogens is 3. The number of nitrogens with two attached hydrogens (primary N) is 1. The lowest BCUT2D eigenvalue weighted by Gasteiger charge is -2.19. The van der Waals surface area contributed by atoms with Crippen molar-refractivity contribution in [3.63, 3.8) is 0 Å². The van der Waals surface area contributed by atoms with Crippen molar-refractivity contribution >= 4 is 17.7 Å². The summed E-state index contributed by atoms with van der Waals surface area (Å²) in [5.74, 6) is 7.54. The molecule has 1 aliphatic rings. The Balaban J connectivity index is 1.61. The second kappa shape index (κ2) is 7.99. The summed E-state index contributed by atoms with van der Waals surface area (Å²) in [6, 6.07) is 6.01. The Morgan fingerprint density at radius 1 is 1.31 bits per heavy atom. The van der Waals surface area contributed by atoms with Crippen LogP contribution in [0, 0.1) is 13.8 Å². The van der Waals surface area contributed by atoms with E-state index in [1.165, 1.54) is 22.0 Å². The van der Waals surface area contributed by atoms with Gasteiger partial charge in [-0.3, -0.25) is 4.79 Å². The van der Waals surface area contributed by atoms with Gasteiger partial charge in [-0.15, -0.1) is 10.2 Å². The molecule has 0 spiro atoms. The molecule has 7 nitrogen and oxygen atoms in total. The highest BCUT2D eigenvalue weighted by Crippen LogP contribution is 2.24. The topological polar surface area (TPSA) is 86.3 Å². The van der Waals surface area contributed by atoms with Crippen LogP contribution in [-0.2, 0) is 11.4 Å². The molecular formula is C18H25N5O2S. The SMILES string of the molecule is Cc1ccc(OCc2nnc(S[C@@H](C)C(=O)N3CCCC3)n2N)c(C)c1. The number of carbonyl (C=O) groups excluding carboxylic acids is 1. The van der Waals surface area contributed by atoms with Gasteiger partial charge in [0.25, 0.3) is 0 Å². The summed E-state index contributed by atoms with van der Waals surface area (Å²) in [7, 11) is 0. The molecular weight excluding hydrogens is 350 g/mol. The van der Waals surface area contributed by atoms with Crippen molar-refractivity contribution < 1.29 is 9.53 Å². The molecule has 140 valence electrons. The molecule has 0 bridgehead atoms. The van der Waals surface area contributed by atoms with E-state index in [1.54, 1.807) is 0 Å². The van der Waals surface area contributed by atoms with Gasteiger partial charge >= 0.3 is 0 Å². The fraction of sp³-hybridized carbons (Fsp3) is 0.500. The number of hydrogen-bond acceptors (Lipinski definition) is 6. The smallest absolute Gasteiger partial charge is 0.235 e. The minimum atomic E-state index is -0.243. The van der Waals surface area contributed by atoms with E-state index < -0.39 is 0 Å². The standard InChI is InChI=1S/C18H25N5O2S/c1-12-6-7-15(13(2)10-12)25-11-16-20-21-18(23(16)19)26-14(3)17(24)22-8-4-5-9-22/h6-7,10,14H,4-5,8-9,11,19H2,1-3H3/t14-/m0/s1. The van der Waals surface area contributed by atoms with Crippen LogP contribution in [0.5, 0.6) is 5.75 Å². The molecule has 3 rings (SSSR count). The second-order valence-electron chi connectivity index (χ2n) is 6.62. The average Bonchev–Trinajstić information content (AvgIpc) is 3.25. The predicted molar refractivity (Wildman–Crippen MR) is 102 cm³/mol. The van der Waals surface area contributed by atoms with Gasteiger partial charge in [0.1, 0.15) is 12.4 Å². The van der Waals surface area contributed by atoms with Gasteiger partial charge in [-0.2, -0.15) is 0 Å². The van der Waals surface area contributed by atoms with Crippen LogP contribution in [0.1, 0.15) is 36.7 Å². The van der Waals surface area contributed by atoms with Crippen molar-refractivity contribution in [3.05, 3.63) is 35.2 Å². The molecule has 26 heavy (non-hydrogen) atoms. The summed E-state index contributed by atoms with van der Waals surface area (Å²) in [4.78, 5) is 14.3. The summed E-state index contributed by atoms with van der Waals surface area (Å²) >= 11 is 1.33. The van der Waals surface area contributed by atoms with E-state index in [0.717, 1.165) is 37.2 Å². The first kappa shape index (κ1) is 18.6. The van der Waals surface area contributed by atoms with Crippen LogP contribution >= 0.6 is 11.8 Å². The van der Waals surface area contributed by atoms with Gasteiger partial charge in [-0.05, 0) is 45.2 Å². The predicted octanol–water partition coefficient (Wildman–Crippen LogP) is 2.29. The molecule has 1 aliphatic heterocycles. The first-order valence-electron chi connectivity index (χ1n) is 8.80. The third kappa shape index (κ3) is 4.12. The molecule has 0 aliphatic carbocycles. The molecule has 0 saturated carbocycles. The number of hydrogen-bond donors (Lipinski definition) is 1. The maximum absolute atomic E-state index is 12.4. The Labute approximate surface area is 157 Å². The van der Waals surface area contributed by atoms with Gasteiger partial charge in [0.15, 0.2) is 5.82 Å². The fourth-order valence-electron chi connectivity index (χ4n) is 2.99. The highest BCUT2D eigenvalue weighted by molar-refractivity contribution is 8.00. The van der Waals surface area contributed by atoms with Crippen molar-refractivity contribution in [2.45, 2.75) is 50.6 Å². The van der Waals surface area contributed by atoms with Crippen LogP contribution in [0.2, 0.25) is 0 Å². The minimum Gasteiger partial charge on any atom is -0.485 e. The van der Waals surface area contributed by atoms with E-state index in [4.69, 9.17) is 10.6 Å².